The van der Waals surface area contributed by atoms with Gasteiger partial charge in [0.05, 0.1) is 0 Å². The van der Waals surface area contributed by atoms with Gasteiger partial charge in [-0.25, -0.2) is 4.79 Å². The van der Waals surface area contributed by atoms with Gasteiger partial charge in [0.25, 0.3) is 0 Å². The molecule has 0 amide bonds. The molecule has 4 nitrogen and oxygen atoms in total. The molecule has 0 bridgehead atoms. The summed E-state index contributed by atoms with van der Waals surface area (Å²) >= 11 is 4.66. The molecule has 0 aromatic rings. The highest BCUT2D eigenvalue weighted by Gasteiger charge is 1.98. The van der Waals surface area contributed by atoms with Crippen LogP contribution in [0, 0.1) is 0 Å². The smallest absolute Gasteiger partial charge is 0.350 e. The summed E-state index contributed by atoms with van der Waals surface area (Å²) in [5.41, 5.74) is 0. The molecule has 5 heteroatoms. The van der Waals surface area contributed by atoms with Gasteiger partial charge in [-0.1, -0.05) is 0 Å². The zero-order valence-corrected chi connectivity index (χ0v) is 5.68. The van der Waals surface area contributed by atoms with Gasteiger partial charge in [0.2, 0.25) is 0 Å². The standard InChI is InChI=1S/C4H7ClO4/c1-7-3-8-2-4(6)9-5/h2-3H2,1H3. The number of hydrogen-bond acceptors (Lipinski definition) is 4. The summed E-state index contributed by atoms with van der Waals surface area (Å²) in [7, 11) is 1.45. The van der Waals surface area contributed by atoms with Gasteiger partial charge in [-0.2, -0.15) is 0 Å². The van der Waals surface area contributed by atoms with Gasteiger partial charge in [-0.15, -0.1) is 0 Å². The molecule has 0 fully saturated rings. The van der Waals surface area contributed by atoms with Gasteiger partial charge in [0.1, 0.15) is 25.3 Å². The minimum Gasteiger partial charge on any atom is -0.359 e. The SMILES string of the molecule is COCOCC(=O)OCl. The summed E-state index contributed by atoms with van der Waals surface area (Å²) in [6.07, 6.45) is 0. The van der Waals surface area contributed by atoms with Crippen LogP contribution in [0.15, 0.2) is 0 Å². The summed E-state index contributed by atoms with van der Waals surface area (Å²) in [4.78, 5) is 10.2. The van der Waals surface area contributed by atoms with E-state index in [9.17, 15) is 4.79 Å². The minimum atomic E-state index is -0.631. The molecule has 0 saturated heterocycles. The molecule has 0 spiro atoms. The van der Waals surface area contributed by atoms with E-state index in [0.717, 1.165) is 0 Å². The maximum Gasteiger partial charge on any atom is 0.350 e. The largest absolute Gasteiger partial charge is 0.359 e. The maximum atomic E-state index is 10.2. The monoisotopic (exact) mass is 154 g/mol. The average Bonchev–Trinajstić information content (AvgIpc) is 1.89. The van der Waals surface area contributed by atoms with E-state index in [1.54, 1.807) is 0 Å². The van der Waals surface area contributed by atoms with Crippen molar-refractivity contribution in [2.75, 3.05) is 20.5 Å². The lowest BCUT2D eigenvalue weighted by Crippen LogP contribution is -2.09. The van der Waals surface area contributed by atoms with Gasteiger partial charge in [0.15, 0.2) is 0 Å². The van der Waals surface area contributed by atoms with Gasteiger partial charge in [-0.3, -0.25) is 0 Å². The van der Waals surface area contributed by atoms with E-state index in [2.05, 4.69) is 25.6 Å². The summed E-state index contributed by atoms with van der Waals surface area (Å²) in [6.45, 7) is -0.122. The fourth-order valence-electron chi connectivity index (χ4n) is 0.231. The van der Waals surface area contributed by atoms with Crippen LogP contribution in [0.5, 0.6) is 0 Å². The quantitative estimate of drug-likeness (QED) is 0.432. The van der Waals surface area contributed by atoms with Crippen molar-refractivity contribution in [2.24, 2.45) is 0 Å². The highest BCUT2D eigenvalue weighted by atomic mass is 35.5. The number of carbonyl (C=O) groups is 1. The molecule has 0 aliphatic heterocycles. The first-order valence-electron chi connectivity index (χ1n) is 2.19. The molecule has 0 unspecified atom stereocenters. The molecule has 0 aromatic heterocycles. The van der Waals surface area contributed by atoms with Crippen LogP contribution in [0.2, 0.25) is 0 Å². The molecule has 54 valence electrons. The van der Waals surface area contributed by atoms with Crippen LogP contribution in [-0.2, 0) is 18.6 Å². The lowest BCUT2D eigenvalue weighted by atomic mass is 10.8. The Kier molecular flexibility index (Phi) is 5.60. The minimum absolute atomic E-state index is 0.0615. The summed E-state index contributed by atoms with van der Waals surface area (Å²) < 4.78 is 12.8. The zero-order chi connectivity index (χ0) is 7.11. The molecule has 0 aliphatic carbocycles. The van der Waals surface area contributed by atoms with Crippen LogP contribution in [0.4, 0.5) is 0 Å². The number of hydrogen-bond donors (Lipinski definition) is 0. The second-order valence-electron chi connectivity index (χ2n) is 1.20. The molecule has 0 aliphatic rings. The van der Waals surface area contributed by atoms with Crippen LogP contribution in [0.25, 0.3) is 0 Å². The van der Waals surface area contributed by atoms with Crippen molar-refractivity contribution < 1.29 is 18.6 Å². The third-order valence-corrected chi connectivity index (χ3v) is 0.679. The van der Waals surface area contributed by atoms with Crippen molar-refractivity contribution in [3.63, 3.8) is 0 Å². The van der Waals surface area contributed by atoms with Gasteiger partial charge < -0.3 is 13.8 Å². The van der Waals surface area contributed by atoms with Gasteiger partial charge >= 0.3 is 5.97 Å². The number of ether oxygens (including phenoxy) is 2. The first-order chi connectivity index (χ1) is 4.31. The van der Waals surface area contributed by atoms with E-state index in [1.807, 2.05) is 0 Å². The fourth-order valence-corrected chi connectivity index (χ4v) is 0.275. The molecule has 0 N–H and O–H groups in total. The molecular weight excluding hydrogens is 147 g/mol. The predicted molar refractivity (Wildman–Crippen MR) is 29.8 cm³/mol. The highest BCUT2D eigenvalue weighted by molar-refractivity contribution is 6.13. The van der Waals surface area contributed by atoms with Crippen LogP contribution in [-0.4, -0.2) is 26.5 Å². The number of carbonyl (C=O) groups excluding carboxylic acids is 1. The van der Waals surface area contributed by atoms with E-state index in [0.29, 0.717) is 0 Å². The fraction of sp³-hybridized carbons (Fsp3) is 0.750. The van der Waals surface area contributed by atoms with Gasteiger partial charge in [0, 0.05) is 7.11 Å². The Morgan fingerprint density at radius 1 is 1.67 bits per heavy atom. The summed E-state index contributed by atoms with van der Waals surface area (Å²) in [5.74, 6) is -0.631. The molecule has 9 heavy (non-hydrogen) atoms. The zero-order valence-electron chi connectivity index (χ0n) is 4.93. The van der Waals surface area contributed by atoms with E-state index in [1.165, 1.54) is 7.11 Å². The topological polar surface area (TPSA) is 44.8 Å². The lowest BCUT2D eigenvalue weighted by Gasteiger charge is -1.97. The molecule has 0 atom stereocenters. The Bertz CT molecular complexity index is 84.6. The average molecular weight is 155 g/mol. The Morgan fingerprint density at radius 3 is 2.78 bits per heavy atom. The Balaban J connectivity index is 2.97. The van der Waals surface area contributed by atoms with Crippen molar-refractivity contribution in [1.82, 2.24) is 0 Å². The van der Waals surface area contributed by atoms with E-state index < -0.39 is 5.97 Å². The summed E-state index contributed by atoms with van der Waals surface area (Å²) in [5, 5.41) is 0. The molecule has 0 aromatic carbocycles. The van der Waals surface area contributed by atoms with Crippen molar-refractivity contribution in [3.8, 4) is 0 Å². The molecule has 0 heterocycles. The van der Waals surface area contributed by atoms with Crippen molar-refractivity contribution in [1.29, 1.82) is 0 Å². The van der Waals surface area contributed by atoms with Crippen LogP contribution in [0.1, 0.15) is 0 Å². The van der Waals surface area contributed by atoms with Crippen LogP contribution >= 0.6 is 11.9 Å². The first kappa shape index (κ1) is 8.68. The lowest BCUT2D eigenvalue weighted by molar-refractivity contribution is -0.143. The molecule has 0 rings (SSSR count). The van der Waals surface area contributed by atoms with E-state index in [-0.39, 0.29) is 13.4 Å². The normalized spacial score (nSPS) is 9.11. The summed E-state index contributed by atoms with van der Waals surface area (Å²) in [6, 6.07) is 0. The second kappa shape index (κ2) is 5.81. The Hall–Kier alpha value is -0.320. The van der Waals surface area contributed by atoms with Crippen molar-refractivity contribution in [3.05, 3.63) is 0 Å². The number of methoxy groups -OCH3 is 1. The van der Waals surface area contributed by atoms with Crippen molar-refractivity contribution in [2.45, 2.75) is 0 Å². The molecule has 0 saturated carbocycles. The second-order valence-corrected chi connectivity index (χ2v) is 1.36. The van der Waals surface area contributed by atoms with Crippen LogP contribution in [0.3, 0.4) is 0 Å². The van der Waals surface area contributed by atoms with E-state index in [4.69, 9.17) is 0 Å². The van der Waals surface area contributed by atoms with Crippen LogP contribution < -0.4 is 0 Å². The third-order valence-electron chi connectivity index (χ3n) is 0.507. The van der Waals surface area contributed by atoms with E-state index >= 15 is 0 Å². The maximum absolute atomic E-state index is 10.2. The highest BCUT2D eigenvalue weighted by Crippen LogP contribution is 1.83. The third kappa shape index (κ3) is 5.55. The predicted octanol–water partition coefficient (Wildman–Crippen LogP) is 0.304. The van der Waals surface area contributed by atoms with Crippen molar-refractivity contribution >= 4 is 17.8 Å². The number of halogens is 1. The van der Waals surface area contributed by atoms with Gasteiger partial charge in [-0.05, 0) is 0 Å². The Morgan fingerprint density at radius 2 is 2.33 bits per heavy atom. The number of rotatable bonds is 4. The molecular formula is C4H7ClO4. The Labute approximate surface area is 57.8 Å². The molecule has 0 radical (unpaired) electrons. The first-order valence-corrected chi connectivity index (χ1v) is 2.50.